The smallest absolute Gasteiger partial charge is 0.254 e. The van der Waals surface area contributed by atoms with Gasteiger partial charge in [-0.2, -0.15) is 0 Å². The molecule has 1 amide bonds. The van der Waals surface area contributed by atoms with Gasteiger partial charge >= 0.3 is 0 Å². The molecule has 0 aliphatic heterocycles. The molecule has 4 nitrogen and oxygen atoms in total. The predicted octanol–water partition coefficient (Wildman–Crippen LogP) is 1.28. The molecule has 5 heteroatoms. The molecular formula is C12H16FNO3. The van der Waals surface area contributed by atoms with Crippen molar-refractivity contribution in [2.75, 3.05) is 6.54 Å². The van der Waals surface area contributed by atoms with E-state index in [1.54, 1.807) is 0 Å². The lowest BCUT2D eigenvalue weighted by atomic mass is 10.1. The van der Waals surface area contributed by atoms with Crippen molar-refractivity contribution in [3.05, 3.63) is 29.6 Å². The monoisotopic (exact) mass is 241 g/mol. The van der Waals surface area contributed by atoms with Crippen molar-refractivity contribution < 1.29 is 19.4 Å². The number of carbonyl (C=O) groups is 1. The Morgan fingerprint density at radius 3 is 2.65 bits per heavy atom. The number of amides is 1. The number of halogens is 1. The number of carbonyl (C=O) groups excluding carboxylic acids is 1. The van der Waals surface area contributed by atoms with Crippen molar-refractivity contribution >= 4 is 5.91 Å². The summed E-state index contributed by atoms with van der Waals surface area (Å²) in [5.74, 6) is -1.62. The van der Waals surface area contributed by atoms with Crippen LogP contribution in [0.15, 0.2) is 18.2 Å². The first-order chi connectivity index (χ1) is 7.91. The van der Waals surface area contributed by atoms with Crippen LogP contribution in [0.4, 0.5) is 4.39 Å². The minimum absolute atomic E-state index is 0.0139. The quantitative estimate of drug-likeness (QED) is 0.743. The molecule has 1 unspecified atom stereocenters. The van der Waals surface area contributed by atoms with Crippen molar-refractivity contribution in [1.82, 2.24) is 5.32 Å². The Balaban J connectivity index is 2.64. The first-order valence-corrected chi connectivity index (χ1v) is 5.36. The zero-order valence-electron chi connectivity index (χ0n) is 9.77. The molecule has 1 aromatic rings. The molecule has 0 aliphatic rings. The van der Waals surface area contributed by atoms with Gasteiger partial charge in [-0.3, -0.25) is 4.79 Å². The molecule has 1 rings (SSSR count). The van der Waals surface area contributed by atoms with Gasteiger partial charge in [0, 0.05) is 12.6 Å². The summed E-state index contributed by atoms with van der Waals surface area (Å²) in [7, 11) is 0. The Morgan fingerprint density at radius 2 is 2.12 bits per heavy atom. The van der Waals surface area contributed by atoms with Crippen LogP contribution in [0.3, 0.4) is 0 Å². The Kier molecular flexibility index (Phi) is 4.45. The zero-order chi connectivity index (χ0) is 13.0. The van der Waals surface area contributed by atoms with E-state index in [-0.39, 0.29) is 23.8 Å². The minimum Gasteiger partial charge on any atom is -0.508 e. The molecule has 0 saturated carbocycles. The predicted molar refractivity (Wildman–Crippen MR) is 61.2 cm³/mol. The Labute approximate surface area is 99.1 Å². The topological polar surface area (TPSA) is 69.6 Å². The van der Waals surface area contributed by atoms with Crippen LogP contribution in [0.2, 0.25) is 0 Å². The van der Waals surface area contributed by atoms with Crippen LogP contribution in [0, 0.1) is 11.7 Å². The fourth-order valence-electron chi connectivity index (χ4n) is 1.22. The first-order valence-electron chi connectivity index (χ1n) is 5.36. The fourth-order valence-corrected chi connectivity index (χ4v) is 1.22. The Bertz CT molecular complexity index is 407. The number of phenols is 1. The summed E-state index contributed by atoms with van der Waals surface area (Å²) in [5.41, 5.74) is -0.154. The number of aliphatic hydroxyl groups excluding tert-OH is 1. The second-order valence-electron chi connectivity index (χ2n) is 4.19. The van der Waals surface area contributed by atoms with Gasteiger partial charge < -0.3 is 15.5 Å². The number of phenolic OH excluding ortho intramolecular Hbond substituents is 1. The highest BCUT2D eigenvalue weighted by atomic mass is 19.1. The Morgan fingerprint density at radius 1 is 1.47 bits per heavy atom. The number of hydrogen-bond donors (Lipinski definition) is 3. The fraction of sp³-hybridized carbons (Fsp3) is 0.417. The highest BCUT2D eigenvalue weighted by Gasteiger charge is 2.15. The SMILES string of the molecule is CC(C)C(O)CNC(=O)c1ccc(O)cc1F. The van der Waals surface area contributed by atoms with Crippen molar-refractivity contribution in [3.8, 4) is 5.75 Å². The number of benzene rings is 1. The van der Waals surface area contributed by atoms with Gasteiger partial charge in [0.05, 0.1) is 11.7 Å². The molecule has 3 N–H and O–H groups in total. The molecular weight excluding hydrogens is 225 g/mol. The van der Waals surface area contributed by atoms with E-state index in [0.717, 1.165) is 6.07 Å². The van der Waals surface area contributed by atoms with Gasteiger partial charge in [-0.15, -0.1) is 0 Å². The standard InChI is InChI=1S/C12H16FNO3/c1-7(2)11(16)6-14-12(17)9-4-3-8(15)5-10(9)13/h3-5,7,11,15-16H,6H2,1-2H3,(H,14,17). The van der Waals surface area contributed by atoms with Gasteiger partial charge in [0.25, 0.3) is 5.91 Å². The molecule has 1 atom stereocenters. The van der Waals surface area contributed by atoms with Crippen molar-refractivity contribution in [2.24, 2.45) is 5.92 Å². The van der Waals surface area contributed by atoms with E-state index in [4.69, 9.17) is 5.11 Å². The van der Waals surface area contributed by atoms with Crippen LogP contribution < -0.4 is 5.32 Å². The minimum atomic E-state index is -0.790. The number of aliphatic hydroxyl groups is 1. The second-order valence-corrected chi connectivity index (χ2v) is 4.19. The number of hydrogen-bond acceptors (Lipinski definition) is 3. The van der Waals surface area contributed by atoms with Gasteiger partial charge in [0.1, 0.15) is 11.6 Å². The molecule has 0 bridgehead atoms. The van der Waals surface area contributed by atoms with E-state index in [0.29, 0.717) is 0 Å². The van der Waals surface area contributed by atoms with Gasteiger partial charge in [-0.25, -0.2) is 4.39 Å². The van der Waals surface area contributed by atoms with E-state index >= 15 is 0 Å². The molecule has 94 valence electrons. The summed E-state index contributed by atoms with van der Waals surface area (Å²) in [5, 5.41) is 20.9. The van der Waals surface area contributed by atoms with Crippen molar-refractivity contribution in [1.29, 1.82) is 0 Å². The maximum atomic E-state index is 13.3. The molecule has 1 aromatic carbocycles. The van der Waals surface area contributed by atoms with Crippen molar-refractivity contribution in [2.45, 2.75) is 20.0 Å². The number of rotatable bonds is 4. The van der Waals surface area contributed by atoms with E-state index in [2.05, 4.69) is 5.32 Å². The largest absolute Gasteiger partial charge is 0.508 e. The highest BCUT2D eigenvalue weighted by molar-refractivity contribution is 5.94. The summed E-state index contributed by atoms with van der Waals surface area (Å²) in [6, 6.07) is 3.30. The van der Waals surface area contributed by atoms with Gasteiger partial charge in [0.15, 0.2) is 0 Å². The van der Waals surface area contributed by atoms with Crippen LogP contribution in [-0.4, -0.2) is 28.8 Å². The molecule has 0 heterocycles. The lowest BCUT2D eigenvalue weighted by molar-refractivity contribution is 0.0868. The average molecular weight is 241 g/mol. The lowest BCUT2D eigenvalue weighted by Gasteiger charge is -2.15. The van der Waals surface area contributed by atoms with E-state index in [9.17, 15) is 14.3 Å². The molecule has 0 fully saturated rings. The molecule has 0 aromatic heterocycles. The maximum Gasteiger partial charge on any atom is 0.254 e. The normalized spacial score (nSPS) is 12.5. The highest BCUT2D eigenvalue weighted by Crippen LogP contribution is 2.14. The summed E-state index contributed by atoms with van der Waals surface area (Å²) in [4.78, 5) is 11.6. The first kappa shape index (κ1) is 13.4. The summed E-state index contributed by atoms with van der Waals surface area (Å²) in [6.07, 6.45) is -0.667. The van der Waals surface area contributed by atoms with E-state index < -0.39 is 17.8 Å². The summed E-state index contributed by atoms with van der Waals surface area (Å²) < 4.78 is 13.3. The third-order valence-electron chi connectivity index (χ3n) is 2.44. The summed E-state index contributed by atoms with van der Waals surface area (Å²) in [6.45, 7) is 3.70. The molecule has 0 radical (unpaired) electrons. The maximum absolute atomic E-state index is 13.3. The molecule has 0 aliphatic carbocycles. The lowest BCUT2D eigenvalue weighted by Crippen LogP contribution is -2.35. The van der Waals surface area contributed by atoms with E-state index in [1.165, 1.54) is 12.1 Å². The Hall–Kier alpha value is -1.62. The molecule has 0 saturated heterocycles. The number of nitrogens with one attached hydrogen (secondary N) is 1. The second kappa shape index (κ2) is 5.63. The third-order valence-corrected chi connectivity index (χ3v) is 2.44. The van der Waals surface area contributed by atoms with Gasteiger partial charge in [0.2, 0.25) is 0 Å². The number of aromatic hydroxyl groups is 1. The van der Waals surface area contributed by atoms with Crippen LogP contribution in [-0.2, 0) is 0 Å². The van der Waals surface area contributed by atoms with Crippen molar-refractivity contribution in [3.63, 3.8) is 0 Å². The average Bonchev–Trinajstić information content (AvgIpc) is 2.25. The zero-order valence-corrected chi connectivity index (χ0v) is 9.77. The summed E-state index contributed by atoms with van der Waals surface area (Å²) >= 11 is 0. The third kappa shape index (κ3) is 3.71. The van der Waals surface area contributed by atoms with Crippen LogP contribution in [0.1, 0.15) is 24.2 Å². The van der Waals surface area contributed by atoms with Crippen LogP contribution in [0.5, 0.6) is 5.75 Å². The molecule has 17 heavy (non-hydrogen) atoms. The van der Waals surface area contributed by atoms with E-state index in [1.807, 2.05) is 13.8 Å². The van der Waals surface area contributed by atoms with Crippen LogP contribution >= 0.6 is 0 Å². The van der Waals surface area contributed by atoms with Crippen LogP contribution in [0.25, 0.3) is 0 Å². The van der Waals surface area contributed by atoms with Gasteiger partial charge in [-0.1, -0.05) is 13.8 Å². The van der Waals surface area contributed by atoms with Gasteiger partial charge in [-0.05, 0) is 18.1 Å². The molecule has 0 spiro atoms.